The molecule has 0 fully saturated rings. The predicted molar refractivity (Wildman–Crippen MR) is 54.2 cm³/mol. The monoisotopic (exact) mass is 180 g/mol. The first-order valence-electron chi connectivity index (χ1n) is 4.32. The SMILES string of the molecule is Cc1cc([C@@H](N)[C@@H](C)O)ccc1N. The number of rotatable bonds is 2. The van der Waals surface area contributed by atoms with E-state index in [9.17, 15) is 5.11 Å². The van der Waals surface area contributed by atoms with Crippen LogP contribution in [0.1, 0.15) is 24.1 Å². The van der Waals surface area contributed by atoms with Gasteiger partial charge in [-0.3, -0.25) is 0 Å². The Morgan fingerprint density at radius 2 is 2.00 bits per heavy atom. The summed E-state index contributed by atoms with van der Waals surface area (Å²) >= 11 is 0. The van der Waals surface area contributed by atoms with Crippen LogP contribution in [-0.2, 0) is 0 Å². The number of anilines is 1. The molecule has 0 aliphatic heterocycles. The summed E-state index contributed by atoms with van der Waals surface area (Å²) in [6.45, 7) is 3.60. The second-order valence-electron chi connectivity index (χ2n) is 3.38. The van der Waals surface area contributed by atoms with Gasteiger partial charge in [0, 0.05) is 5.69 Å². The van der Waals surface area contributed by atoms with Crippen molar-refractivity contribution in [1.29, 1.82) is 0 Å². The molecule has 0 aliphatic rings. The van der Waals surface area contributed by atoms with Crippen LogP contribution >= 0.6 is 0 Å². The van der Waals surface area contributed by atoms with E-state index in [4.69, 9.17) is 11.5 Å². The summed E-state index contributed by atoms with van der Waals surface area (Å²) in [5, 5.41) is 9.28. The van der Waals surface area contributed by atoms with Crippen LogP contribution in [0.3, 0.4) is 0 Å². The molecule has 0 aliphatic carbocycles. The van der Waals surface area contributed by atoms with Crippen molar-refractivity contribution >= 4 is 5.69 Å². The number of nitrogen functional groups attached to an aromatic ring is 1. The normalized spacial score (nSPS) is 15.4. The standard InChI is InChI=1S/C10H16N2O/c1-6-5-8(3-4-9(6)11)10(12)7(2)13/h3-5,7,10,13H,11-12H2,1-2H3/t7-,10+/m1/s1. The third-order valence-corrected chi connectivity index (χ3v) is 2.20. The molecule has 72 valence electrons. The van der Waals surface area contributed by atoms with E-state index in [1.54, 1.807) is 6.92 Å². The van der Waals surface area contributed by atoms with Crippen LogP contribution in [-0.4, -0.2) is 11.2 Å². The highest BCUT2D eigenvalue weighted by Gasteiger charge is 2.11. The summed E-state index contributed by atoms with van der Waals surface area (Å²) in [6.07, 6.45) is -0.539. The number of hydrogen-bond acceptors (Lipinski definition) is 3. The number of hydrogen-bond donors (Lipinski definition) is 3. The smallest absolute Gasteiger partial charge is 0.0704 e. The molecule has 5 N–H and O–H groups in total. The highest BCUT2D eigenvalue weighted by Crippen LogP contribution is 2.19. The minimum absolute atomic E-state index is 0.334. The predicted octanol–water partition coefficient (Wildman–Crippen LogP) is 0.958. The number of nitrogens with two attached hydrogens (primary N) is 2. The van der Waals surface area contributed by atoms with Crippen molar-refractivity contribution in [3.05, 3.63) is 29.3 Å². The Balaban J connectivity index is 2.97. The van der Waals surface area contributed by atoms with Gasteiger partial charge in [-0.1, -0.05) is 12.1 Å². The van der Waals surface area contributed by atoms with Crippen LogP contribution in [0.5, 0.6) is 0 Å². The number of aryl methyl sites for hydroxylation is 1. The van der Waals surface area contributed by atoms with Crippen molar-refractivity contribution in [2.24, 2.45) is 5.73 Å². The Morgan fingerprint density at radius 3 is 2.46 bits per heavy atom. The summed E-state index contributed by atoms with van der Waals surface area (Å²) < 4.78 is 0. The van der Waals surface area contributed by atoms with Crippen molar-refractivity contribution in [3.8, 4) is 0 Å². The fraction of sp³-hybridized carbons (Fsp3) is 0.400. The molecule has 1 aromatic rings. The van der Waals surface area contributed by atoms with Crippen molar-refractivity contribution < 1.29 is 5.11 Å². The maximum absolute atomic E-state index is 9.28. The van der Waals surface area contributed by atoms with Gasteiger partial charge in [0.05, 0.1) is 12.1 Å². The maximum Gasteiger partial charge on any atom is 0.0704 e. The summed E-state index contributed by atoms with van der Waals surface area (Å²) in [7, 11) is 0. The van der Waals surface area contributed by atoms with Gasteiger partial charge >= 0.3 is 0 Å². The third kappa shape index (κ3) is 2.20. The second kappa shape index (κ2) is 3.77. The molecule has 13 heavy (non-hydrogen) atoms. The van der Waals surface area contributed by atoms with Gasteiger partial charge in [0.25, 0.3) is 0 Å². The first kappa shape index (κ1) is 10.0. The van der Waals surface area contributed by atoms with Crippen LogP contribution in [0.25, 0.3) is 0 Å². The molecule has 0 aromatic heterocycles. The molecule has 1 rings (SSSR count). The lowest BCUT2D eigenvalue weighted by Crippen LogP contribution is -2.23. The van der Waals surface area contributed by atoms with E-state index in [-0.39, 0.29) is 6.04 Å². The van der Waals surface area contributed by atoms with Gasteiger partial charge in [-0.25, -0.2) is 0 Å². The average molecular weight is 180 g/mol. The molecule has 0 unspecified atom stereocenters. The zero-order valence-electron chi connectivity index (χ0n) is 7.99. The van der Waals surface area contributed by atoms with E-state index in [1.807, 2.05) is 25.1 Å². The molecule has 0 saturated carbocycles. The zero-order chi connectivity index (χ0) is 10.0. The van der Waals surface area contributed by atoms with Gasteiger partial charge in [-0.05, 0) is 31.0 Å². The fourth-order valence-electron chi connectivity index (χ4n) is 1.18. The minimum Gasteiger partial charge on any atom is -0.399 e. The zero-order valence-corrected chi connectivity index (χ0v) is 7.99. The lowest BCUT2D eigenvalue weighted by atomic mass is 10.0. The third-order valence-electron chi connectivity index (χ3n) is 2.20. The van der Waals surface area contributed by atoms with Crippen molar-refractivity contribution in [2.75, 3.05) is 5.73 Å². The van der Waals surface area contributed by atoms with E-state index < -0.39 is 6.10 Å². The fourth-order valence-corrected chi connectivity index (χ4v) is 1.18. The lowest BCUT2D eigenvalue weighted by molar-refractivity contribution is 0.164. The van der Waals surface area contributed by atoms with E-state index in [0.29, 0.717) is 0 Å². The Bertz CT molecular complexity index is 297. The molecular formula is C10H16N2O. The van der Waals surface area contributed by atoms with Gasteiger partial charge < -0.3 is 16.6 Å². The first-order valence-corrected chi connectivity index (χ1v) is 4.32. The van der Waals surface area contributed by atoms with Crippen molar-refractivity contribution in [1.82, 2.24) is 0 Å². The van der Waals surface area contributed by atoms with Crippen molar-refractivity contribution in [3.63, 3.8) is 0 Å². The number of aliphatic hydroxyl groups excluding tert-OH is 1. The van der Waals surface area contributed by atoms with Crippen LogP contribution in [0.2, 0.25) is 0 Å². The first-order chi connectivity index (χ1) is 6.02. The van der Waals surface area contributed by atoms with E-state index >= 15 is 0 Å². The molecule has 0 radical (unpaired) electrons. The number of aliphatic hydroxyl groups is 1. The largest absolute Gasteiger partial charge is 0.399 e. The van der Waals surface area contributed by atoms with Crippen LogP contribution in [0.15, 0.2) is 18.2 Å². The lowest BCUT2D eigenvalue weighted by Gasteiger charge is -2.15. The highest BCUT2D eigenvalue weighted by atomic mass is 16.3. The van der Waals surface area contributed by atoms with Gasteiger partial charge in [-0.2, -0.15) is 0 Å². The molecule has 0 heterocycles. The molecule has 0 bridgehead atoms. The quantitative estimate of drug-likeness (QED) is 0.593. The molecule has 0 spiro atoms. The molecule has 2 atom stereocenters. The van der Waals surface area contributed by atoms with Gasteiger partial charge in [-0.15, -0.1) is 0 Å². The Morgan fingerprint density at radius 1 is 1.38 bits per heavy atom. The topological polar surface area (TPSA) is 72.3 Å². The molecule has 1 aromatic carbocycles. The molecule has 0 amide bonds. The molecule has 0 saturated heterocycles. The summed E-state index contributed by atoms with van der Waals surface area (Å²) in [5.41, 5.74) is 14.1. The van der Waals surface area contributed by atoms with Gasteiger partial charge in [0.2, 0.25) is 0 Å². The Kier molecular flexibility index (Phi) is 2.90. The van der Waals surface area contributed by atoms with Crippen molar-refractivity contribution in [2.45, 2.75) is 26.0 Å². The maximum atomic E-state index is 9.28. The summed E-state index contributed by atoms with van der Waals surface area (Å²) in [4.78, 5) is 0. The molecule has 3 nitrogen and oxygen atoms in total. The minimum atomic E-state index is -0.539. The molecular weight excluding hydrogens is 164 g/mol. The number of benzene rings is 1. The highest BCUT2D eigenvalue weighted by molar-refractivity contribution is 5.48. The summed E-state index contributed by atoms with van der Waals surface area (Å²) in [5.74, 6) is 0. The summed E-state index contributed by atoms with van der Waals surface area (Å²) in [6, 6.07) is 5.23. The van der Waals surface area contributed by atoms with Crippen LogP contribution in [0.4, 0.5) is 5.69 Å². The van der Waals surface area contributed by atoms with Gasteiger partial charge in [0.15, 0.2) is 0 Å². The van der Waals surface area contributed by atoms with Gasteiger partial charge in [0.1, 0.15) is 0 Å². The Labute approximate surface area is 78.4 Å². The Hall–Kier alpha value is -1.06. The van der Waals surface area contributed by atoms with E-state index in [1.165, 1.54) is 0 Å². The molecule has 3 heteroatoms. The van der Waals surface area contributed by atoms with E-state index in [0.717, 1.165) is 16.8 Å². The van der Waals surface area contributed by atoms with E-state index in [2.05, 4.69) is 0 Å². The van der Waals surface area contributed by atoms with Crippen LogP contribution < -0.4 is 11.5 Å². The van der Waals surface area contributed by atoms with Crippen LogP contribution in [0, 0.1) is 6.92 Å². The average Bonchev–Trinajstić information content (AvgIpc) is 2.08. The second-order valence-corrected chi connectivity index (χ2v) is 3.38.